The van der Waals surface area contributed by atoms with Crippen molar-refractivity contribution in [3.05, 3.63) is 45.9 Å². The molecule has 1 unspecified atom stereocenters. The lowest BCUT2D eigenvalue weighted by atomic mass is 10.3. The molecule has 25 heavy (non-hydrogen) atoms. The Hall–Kier alpha value is -2.28. The molecule has 7 heteroatoms. The molecule has 2 aromatic rings. The van der Waals surface area contributed by atoms with E-state index in [0.29, 0.717) is 23.2 Å². The van der Waals surface area contributed by atoms with Crippen LogP contribution >= 0.6 is 11.8 Å². The van der Waals surface area contributed by atoms with Crippen LogP contribution in [0.3, 0.4) is 0 Å². The van der Waals surface area contributed by atoms with E-state index in [1.807, 2.05) is 25.1 Å². The van der Waals surface area contributed by atoms with Gasteiger partial charge in [0.05, 0.1) is 23.2 Å². The minimum atomic E-state index is -0.405. The van der Waals surface area contributed by atoms with E-state index < -0.39 is 5.25 Å². The van der Waals surface area contributed by atoms with Crippen LogP contribution in [0.1, 0.15) is 31.5 Å². The first-order valence-corrected chi connectivity index (χ1v) is 9.28. The molecule has 6 nitrogen and oxygen atoms in total. The van der Waals surface area contributed by atoms with Crippen molar-refractivity contribution in [3.63, 3.8) is 0 Å². The number of aryl methyl sites for hydroxylation is 1. The molecule has 0 saturated carbocycles. The van der Waals surface area contributed by atoms with Crippen molar-refractivity contribution in [2.24, 2.45) is 0 Å². The summed E-state index contributed by atoms with van der Waals surface area (Å²) in [6, 6.07) is 7.32. The van der Waals surface area contributed by atoms with E-state index in [9.17, 15) is 9.59 Å². The molecule has 1 aliphatic carbocycles. The minimum absolute atomic E-state index is 0.0840. The van der Waals surface area contributed by atoms with Crippen LogP contribution in [0.5, 0.6) is 5.75 Å². The van der Waals surface area contributed by atoms with Crippen LogP contribution in [-0.2, 0) is 17.6 Å². The van der Waals surface area contributed by atoms with Gasteiger partial charge in [0.1, 0.15) is 5.75 Å². The predicted octanol–water partition coefficient (Wildman–Crippen LogP) is 2.78. The quantitative estimate of drug-likeness (QED) is 0.612. The molecule has 0 fully saturated rings. The minimum Gasteiger partial charge on any atom is -0.492 e. The van der Waals surface area contributed by atoms with Gasteiger partial charge in [-0.3, -0.25) is 9.59 Å². The summed E-state index contributed by atoms with van der Waals surface area (Å²) in [6.07, 6.45) is 2.58. The molecule has 1 atom stereocenters. The van der Waals surface area contributed by atoms with E-state index in [1.54, 1.807) is 13.0 Å². The Labute approximate surface area is 150 Å². The number of benzene rings is 1. The van der Waals surface area contributed by atoms with E-state index in [4.69, 9.17) is 4.74 Å². The van der Waals surface area contributed by atoms with Crippen molar-refractivity contribution < 1.29 is 9.53 Å². The Bertz CT molecular complexity index is 835. The van der Waals surface area contributed by atoms with Crippen molar-refractivity contribution in [1.82, 2.24) is 9.97 Å². The summed E-state index contributed by atoms with van der Waals surface area (Å²) >= 11 is 1.25. The average Bonchev–Trinajstić information content (AvgIpc) is 3.06. The van der Waals surface area contributed by atoms with Gasteiger partial charge in [-0.1, -0.05) is 23.9 Å². The van der Waals surface area contributed by atoms with Gasteiger partial charge in [0.25, 0.3) is 5.56 Å². The fourth-order valence-electron chi connectivity index (χ4n) is 2.78. The summed E-state index contributed by atoms with van der Waals surface area (Å²) < 4.78 is 5.52. The highest BCUT2D eigenvalue weighted by atomic mass is 32.2. The van der Waals surface area contributed by atoms with Gasteiger partial charge in [0.2, 0.25) is 5.91 Å². The zero-order chi connectivity index (χ0) is 17.8. The maximum Gasteiger partial charge on any atom is 0.254 e. The molecule has 1 aromatic carbocycles. The molecule has 1 aliphatic rings. The van der Waals surface area contributed by atoms with Gasteiger partial charge in [-0.05, 0) is 45.2 Å². The topological polar surface area (TPSA) is 84.1 Å². The number of ether oxygens (including phenoxy) is 1. The zero-order valence-electron chi connectivity index (χ0n) is 14.3. The highest BCUT2D eigenvalue weighted by molar-refractivity contribution is 8.00. The summed E-state index contributed by atoms with van der Waals surface area (Å²) in [6.45, 7) is 4.21. The van der Waals surface area contributed by atoms with Crippen molar-refractivity contribution in [3.8, 4) is 5.75 Å². The third kappa shape index (κ3) is 4.04. The molecule has 0 aliphatic heterocycles. The zero-order valence-corrected chi connectivity index (χ0v) is 15.1. The fourth-order valence-corrected chi connectivity index (χ4v) is 3.60. The molecule has 1 heterocycles. The summed E-state index contributed by atoms with van der Waals surface area (Å²) in [5.41, 5.74) is 2.20. The van der Waals surface area contributed by atoms with Gasteiger partial charge in [0.15, 0.2) is 5.16 Å². The number of fused-ring (bicyclic) bond motifs is 1. The number of anilines is 1. The molecule has 0 saturated heterocycles. The number of H-pyrrole nitrogens is 1. The number of carbonyl (C=O) groups excluding carboxylic acids is 1. The van der Waals surface area contributed by atoms with E-state index in [2.05, 4.69) is 15.3 Å². The number of amides is 1. The largest absolute Gasteiger partial charge is 0.492 e. The summed E-state index contributed by atoms with van der Waals surface area (Å²) in [7, 11) is 0. The lowest BCUT2D eigenvalue weighted by molar-refractivity contribution is -0.115. The van der Waals surface area contributed by atoms with Crippen molar-refractivity contribution >= 4 is 23.4 Å². The van der Waals surface area contributed by atoms with Gasteiger partial charge >= 0.3 is 0 Å². The summed E-state index contributed by atoms with van der Waals surface area (Å²) in [5, 5.41) is 2.96. The predicted molar refractivity (Wildman–Crippen MR) is 98.4 cm³/mol. The first kappa shape index (κ1) is 17.5. The van der Waals surface area contributed by atoms with Crippen molar-refractivity contribution in [2.45, 2.75) is 43.5 Å². The fraction of sp³-hybridized carbons (Fsp3) is 0.389. The molecule has 0 spiro atoms. The first-order valence-electron chi connectivity index (χ1n) is 8.40. The molecule has 0 radical (unpaired) electrons. The van der Waals surface area contributed by atoms with Crippen LogP contribution in [0, 0.1) is 0 Å². The lowest BCUT2D eigenvalue weighted by Gasteiger charge is -2.14. The van der Waals surface area contributed by atoms with Gasteiger partial charge in [0, 0.05) is 5.56 Å². The highest BCUT2D eigenvalue weighted by Crippen LogP contribution is 2.27. The van der Waals surface area contributed by atoms with E-state index in [-0.39, 0.29) is 11.5 Å². The molecular weight excluding hydrogens is 338 g/mol. The number of thioether (sulfide) groups is 1. The second kappa shape index (κ2) is 7.74. The van der Waals surface area contributed by atoms with Gasteiger partial charge in [-0.25, -0.2) is 4.98 Å². The first-order chi connectivity index (χ1) is 12.1. The Morgan fingerprint density at radius 2 is 2.20 bits per heavy atom. The molecule has 1 aromatic heterocycles. The number of aromatic nitrogens is 2. The Morgan fingerprint density at radius 3 is 3.00 bits per heavy atom. The van der Waals surface area contributed by atoms with E-state index in [0.717, 1.165) is 30.5 Å². The Kier molecular flexibility index (Phi) is 5.43. The van der Waals surface area contributed by atoms with Crippen molar-refractivity contribution in [2.75, 3.05) is 11.9 Å². The smallest absolute Gasteiger partial charge is 0.254 e. The maximum absolute atomic E-state index is 12.5. The SMILES string of the molecule is CCOc1ccccc1NC(=O)C(C)Sc1nc2c(c(=O)[nH]1)CCC2. The van der Waals surface area contributed by atoms with Crippen LogP contribution in [-0.4, -0.2) is 27.7 Å². The number of para-hydroxylation sites is 2. The number of carbonyl (C=O) groups is 1. The number of nitrogens with zero attached hydrogens (tertiary/aromatic N) is 1. The Morgan fingerprint density at radius 1 is 1.40 bits per heavy atom. The number of nitrogens with one attached hydrogen (secondary N) is 2. The third-order valence-corrected chi connectivity index (χ3v) is 5.01. The summed E-state index contributed by atoms with van der Waals surface area (Å²) in [5.74, 6) is 0.472. The Balaban J connectivity index is 1.69. The average molecular weight is 359 g/mol. The molecule has 132 valence electrons. The standard InChI is InChI=1S/C18H21N3O3S/c1-3-24-15-10-5-4-8-14(15)19-16(22)11(2)25-18-20-13-9-6-7-12(13)17(23)21-18/h4-5,8,10-11H,3,6-7,9H2,1-2H3,(H,19,22)(H,20,21,23). The highest BCUT2D eigenvalue weighted by Gasteiger charge is 2.21. The molecule has 1 amide bonds. The second-order valence-electron chi connectivity index (χ2n) is 5.83. The van der Waals surface area contributed by atoms with Crippen LogP contribution in [0.2, 0.25) is 0 Å². The van der Waals surface area contributed by atoms with Crippen LogP contribution in [0.25, 0.3) is 0 Å². The molecular formula is C18H21N3O3S. The normalized spacial score (nSPS) is 14.0. The number of aromatic amines is 1. The maximum atomic E-state index is 12.5. The van der Waals surface area contributed by atoms with Gasteiger partial charge in [-0.15, -0.1) is 0 Å². The summed E-state index contributed by atoms with van der Waals surface area (Å²) in [4.78, 5) is 31.8. The van der Waals surface area contributed by atoms with Crippen molar-refractivity contribution in [1.29, 1.82) is 0 Å². The second-order valence-corrected chi connectivity index (χ2v) is 7.16. The monoisotopic (exact) mass is 359 g/mol. The number of rotatable bonds is 6. The third-order valence-electron chi connectivity index (χ3n) is 4.02. The lowest BCUT2D eigenvalue weighted by Crippen LogP contribution is -2.24. The number of hydrogen-bond acceptors (Lipinski definition) is 5. The van der Waals surface area contributed by atoms with Gasteiger partial charge < -0.3 is 15.0 Å². The molecule has 2 N–H and O–H groups in total. The molecule has 3 rings (SSSR count). The van der Waals surface area contributed by atoms with Crippen LogP contribution in [0.15, 0.2) is 34.2 Å². The van der Waals surface area contributed by atoms with Crippen LogP contribution in [0.4, 0.5) is 5.69 Å². The van der Waals surface area contributed by atoms with Gasteiger partial charge in [-0.2, -0.15) is 0 Å². The molecule has 0 bridgehead atoms. The van der Waals surface area contributed by atoms with Crippen LogP contribution < -0.4 is 15.6 Å². The van der Waals surface area contributed by atoms with E-state index in [1.165, 1.54) is 11.8 Å². The number of hydrogen-bond donors (Lipinski definition) is 2. The van der Waals surface area contributed by atoms with E-state index >= 15 is 0 Å².